The van der Waals surface area contributed by atoms with Gasteiger partial charge in [0.1, 0.15) is 12.7 Å². The first-order chi connectivity index (χ1) is 18.3. The lowest BCUT2D eigenvalue weighted by Crippen LogP contribution is -2.65. The lowest BCUT2D eigenvalue weighted by Gasteiger charge is -2.48. The predicted octanol–water partition coefficient (Wildman–Crippen LogP) is 4.63. The number of ketones is 1. The molecule has 0 aliphatic heterocycles. The van der Waals surface area contributed by atoms with Crippen LogP contribution in [0, 0.1) is 34.5 Å². The number of hydrogen-bond acceptors (Lipinski definition) is 7. The number of esters is 2. The summed E-state index contributed by atoms with van der Waals surface area (Å²) >= 11 is 0. The van der Waals surface area contributed by atoms with Crippen LogP contribution in [-0.2, 0) is 23.9 Å². The lowest BCUT2D eigenvalue weighted by molar-refractivity contribution is -0.201. The molecule has 0 aromatic heterocycles. The highest BCUT2D eigenvalue weighted by molar-refractivity contribution is 5.95. The number of rotatable bonds is 9. The molecule has 0 amide bonds. The van der Waals surface area contributed by atoms with Crippen molar-refractivity contribution in [1.82, 2.24) is 0 Å². The van der Waals surface area contributed by atoms with E-state index in [1.165, 1.54) is 13.0 Å². The quantitative estimate of drug-likeness (QED) is 0.144. The number of ether oxygens (including phenoxy) is 2. The minimum atomic E-state index is -2.14. The summed E-state index contributed by atoms with van der Waals surface area (Å²) in [5.41, 5.74) is -2.87. The molecule has 4 aliphatic carbocycles. The van der Waals surface area contributed by atoms with Gasteiger partial charge in [-0.05, 0) is 60.5 Å². The second-order valence-corrected chi connectivity index (χ2v) is 12.6. The third kappa shape index (κ3) is 4.76. The molecule has 1 spiro atoms. The highest BCUT2D eigenvalue weighted by atomic mass is 16.6. The molecule has 0 radical (unpaired) electrons. The number of aliphatic hydroxyl groups excluding tert-OH is 1. The van der Waals surface area contributed by atoms with Gasteiger partial charge in [-0.1, -0.05) is 70.9 Å². The summed E-state index contributed by atoms with van der Waals surface area (Å²) < 4.78 is 11.1. The largest absolute Gasteiger partial charge is 0.461 e. The van der Waals surface area contributed by atoms with E-state index in [9.17, 15) is 24.6 Å². The van der Waals surface area contributed by atoms with Gasteiger partial charge in [-0.25, -0.2) is 4.79 Å². The van der Waals surface area contributed by atoms with E-state index >= 15 is 0 Å². The first-order valence-corrected chi connectivity index (χ1v) is 14.4. The van der Waals surface area contributed by atoms with Crippen LogP contribution in [0.1, 0.15) is 73.6 Å². The Bertz CT molecular complexity index is 1130. The second kappa shape index (κ2) is 10.8. The zero-order valence-corrected chi connectivity index (χ0v) is 24.1. The molecule has 7 nitrogen and oxygen atoms in total. The number of carbonyl (C=O) groups is 3. The van der Waals surface area contributed by atoms with Gasteiger partial charge in [0, 0.05) is 18.9 Å². The van der Waals surface area contributed by atoms with Crippen LogP contribution in [0.4, 0.5) is 0 Å². The average Bonchev–Trinajstić information content (AvgIpc) is 3.36. The van der Waals surface area contributed by atoms with Gasteiger partial charge in [-0.2, -0.15) is 0 Å². The summed E-state index contributed by atoms with van der Waals surface area (Å²) in [6, 6.07) is 0. The fourth-order valence-electron chi connectivity index (χ4n) is 7.74. The highest BCUT2D eigenvalue weighted by Gasteiger charge is 2.76. The van der Waals surface area contributed by atoms with Gasteiger partial charge in [0.15, 0.2) is 17.5 Å². The van der Waals surface area contributed by atoms with Crippen molar-refractivity contribution in [2.45, 2.75) is 91.5 Å². The predicted molar refractivity (Wildman–Crippen MR) is 147 cm³/mol. The fraction of sp³-hybridized carbons (Fsp3) is 0.656. The Morgan fingerprint density at radius 1 is 1.21 bits per heavy atom. The number of allylic oxidation sites excluding steroid dienone is 4. The third-order valence-electron chi connectivity index (χ3n) is 9.84. The summed E-state index contributed by atoms with van der Waals surface area (Å²) in [4.78, 5) is 39.1. The molecule has 0 unspecified atom stereocenters. The summed E-state index contributed by atoms with van der Waals surface area (Å²) in [5.74, 6) is -1.92. The monoisotopic (exact) mass is 540 g/mol. The standard InChI is InChI=1S/C32H44O7/c1-7-8-9-10-11-12-13-14-25(34)39-29-19(2)17-31-20(3)15-24-26(30(24,5)6)23(28(31)36)16-22(18-38-21(4)33)27(35)32(29,31)37/h11-14,16-17,20,23-24,26-27,29,35,37H,7-10,15,18H2,1-6H3/b12-11+,14-13-/t20-,23-,24-,26+,27-,29+,31+,32+/m1/s1. The number of unbranched alkanes of at least 4 members (excludes halogenated alkanes) is 3. The maximum absolute atomic E-state index is 14.5. The average molecular weight is 541 g/mol. The van der Waals surface area contributed by atoms with Crippen LogP contribution in [-0.4, -0.2) is 52.4 Å². The Balaban J connectivity index is 1.69. The summed E-state index contributed by atoms with van der Waals surface area (Å²) in [5, 5.41) is 24.3. The topological polar surface area (TPSA) is 110 Å². The van der Waals surface area contributed by atoms with Crippen molar-refractivity contribution in [3.8, 4) is 0 Å². The van der Waals surface area contributed by atoms with E-state index in [1.807, 2.05) is 13.0 Å². The molecular formula is C32H44O7. The van der Waals surface area contributed by atoms with Crippen LogP contribution in [0.15, 0.2) is 47.6 Å². The van der Waals surface area contributed by atoms with Crippen molar-refractivity contribution in [2.75, 3.05) is 6.61 Å². The molecule has 4 rings (SSSR count). The Morgan fingerprint density at radius 2 is 1.92 bits per heavy atom. The zero-order chi connectivity index (χ0) is 28.8. The molecule has 2 saturated carbocycles. The molecule has 2 fully saturated rings. The summed E-state index contributed by atoms with van der Waals surface area (Å²) in [6.07, 6.45) is 12.3. The van der Waals surface area contributed by atoms with E-state index in [0.29, 0.717) is 12.0 Å². The molecule has 0 aromatic rings. The first kappa shape index (κ1) is 29.5. The lowest BCUT2D eigenvalue weighted by atomic mass is 9.59. The van der Waals surface area contributed by atoms with E-state index in [1.54, 1.807) is 31.2 Å². The van der Waals surface area contributed by atoms with Crippen molar-refractivity contribution in [3.63, 3.8) is 0 Å². The molecule has 0 aromatic carbocycles. The van der Waals surface area contributed by atoms with Crippen molar-refractivity contribution in [1.29, 1.82) is 0 Å². The Labute approximate surface area is 232 Å². The molecule has 0 saturated heterocycles. The van der Waals surface area contributed by atoms with Crippen molar-refractivity contribution >= 4 is 17.7 Å². The number of carbonyl (C=O) groups excluding carboxylic acids is 3. The van der Waals surface area contributed by atoms with Crippen LogP contribution in [0.5, 0.6) is 0 Å². The molecule has 2 bridgehead atoms. The molecule has 8 atom stereocenters. The highest BCUT2D eigenvalue weighted by Crippen LogP contribution is 2.71. The van der Waals surface area contributed by atoms with E-state index in [0.717, 1.165) is 25.7 Å². The first-order valence-electron chi connectivity index (χ1n) is 14.4. The van der Waals surface area contributed by atoms with E-state index in [-0.39, 0.29) is 41.1 Å². The van der Waals surface area contributed by atoms with Crippen molar-refractivity contribution in [2.24, 2.45) is 34.5 Å². The molecule has 7 heteroatoms. The van der Waals surface area contributed by atoms with Gasteiger partial charge in [0.05, 0.1) is 5.41 Å². The molecule has 4 aliphatic rings. The second-order valence-electron chi connectivity index (χ2n) is 12.6. The van der Waals surface area contributed by atoms with Crippen molar-refractivity contribution in [3.05, 3.63) is 47.6 Å². The SMILES string of the molecule is CCCCC/C=C/C=C\C(=O)O[C@H]1C(C)=C[C@]23C(=O)[C@H](C=C(COC(C)=O)[C@@H](O)[C@]12O)[C@H]1[C@@H](C[C@H]3C)C1(C)C. The van der Waals surface area contributed by atoms with E-state index in [2.05, 4.69) is 20.8 Å². The number of Topliss-reactive ketones (excluding diaryl/α,β-unsaturated/α-hetero) is 1. The van der Waals surface area contributed by atoms with Crippen molar-refractivity contribution < 1.29 is 34.1 Å². The molecule has 2 N–H and O–H groups in total. The summed E-state index contributed by atoms with van der Waals surface area (Å²) in [6.45, 7) is 11.1. The fourth-order valence-corrected chi connectivity index (χ4v) is 7.74. The van der Waals surface area contributed by atoms with Gasteiger partial charge in [0.2, 0.25) is 0 Å². The van der Waals surface area contributed by atoms with Gasteiger partial charge >= 0.3 is 11.9 Å². The molecular weight excluding hydrogens is 496 g/mol. The summed E-state index contributed by atoms with van der Waals surface area (Å²) in [7, 11) is 0. The van der Waals surface area contributed by atoms with Gasteiger partial charge in [-0.3, -0.25) is 9.59 Å². The van der Waals surface area contributed by atoms with Gasteiger partial charge in [-0.15, -0.1) is 0 Å². The van der Waals surface area contributed by atoms with E-state index in [4.69, 9.17) is 9.47 Å². The zero-order valence-electron chi connectivity index (χ0n) is 24.1. The number of fused-ring (bicyclic) bond motifs is 3. The van der Waals surface area contributed by atoms with Crippen LogP contribution in [0.2, 0.25) is 0 Å². The maximum Gasteiger partial charge on any atom is 0.331 e. The van der Waals surface area contributed by atoms with Gasteiger partial charge in [0.25, 0.3) is 0 Å². The van der Waals surface area contributed by atoms with Crippen LogP contribution < -0.4 is 0 Å². The van der Waals surface area contributed by atoms with E-state index < -0.39 is 41.1 Å². The Morgan fingerprint density at radius 3 is 2.59 bits per heavy atom. The minimum absolute atomic E-state index is 0.0519. The normalized spacial score (nSPS) is 38.4. The maximum atomic E-state index is 14.5. The molecule has 39 heavy (non-hydrogen) atoms. The third-order valence-corrected chi connectivity index (χ3v) is 9.84. The molecule has 0 heterocycles. The van der Waals surface area contributed by atoms with Crippen LogP contribution in [0.3, 0.4) is 0 Å². The Hall–Kier alpha value is -2.51. The van der Waals surface area contributed by atoms with Crippen LogP contribution >= 0.6 is 0 Å². The molecule has 214 valence electrons. The number of aliphatic hydroxyl groups is 2. The smallest absolute Gasteiger partial charge is 0.331 e. The minimum Gasteiger partial charge on any atom is -0.461 e. The Kier molecular flexibility index (Phi) is 8.17. The number of hydrogen-bond donors (Lipinski definition) is 2. The van der Waals surface area contributed by atoms with Gasteiger partial charge < -0.3 is 19.7 Å². The van der Waals surface area contributed by atoms with Crippen LogP contribution in [0.25, 0.3) is 0 Å².